The summed E-state index contributed by atoms with van der Waals surface area (Å²) in [6.45, 7) is 3.76. The van der Waals surface area contributed by atoms with Gasteiger partial charge >= 0.3 is 0 Å². The number of fused-ring (bicyclic) bond motifs is 1. The first-order valence-corrected chi connectivity index (χ1v) is 7.31. The molecule has 0 aliphatic rings. The Morgan fingerprint density at radius 3 is 2.89 bits per heavy atom. The van der Waals surface area contributed by atoms with Crippen LogP contribution in [-0.4, -0.2) is 37.3 Å². The summed E-state index contributed by atoms with van der Waals surface area (Å²) in [5.41, 5.74) is 0. The number of aromatic nitrogens is 2. The molecule has 2 N–H and O–H groups in total. The van der Waals surface area contributed by atoms with Gasteiger partial charge in [0, 0.05) is 32.2 Å². The van der Waals surface area contributed by atoms with Gasteiger partial charge in [0.2, 0.25) is 5.95 Å². The number of methoxy groups -OCH3 is 1. The van der Waals surface area contributed by atoms with Crippen LogP contribution in [0, 0.1) is 0 Å². The number of nitrogens with zero attached hydrogens (tertiary/aromatic N) is 2. The fourth-order valence-electron chi connectivity index (χ4n) is 1.82. The third kappa shape index (κ3) is 3.33. The third-order valence-electron chi connectivity index (χ3n) is 2.83. The summed E-state index contributed by atoms with van der Waals surface area (Å²) in [5.74, 6) is 1.56. The van der Waals surface area contributed by atoms with Crippen LogP contribution in [0.4, 0.5) is 11.8 Å². The lowest BCUT2D eigenvalue weighted by molar-refractivity contribution is 0.198. The molecule has 0 bridgehead atoms. The summed E-state index contributed by atoms with van der Waals surface area (Å²) in [5, 5.41) is 7.49. The van der Waals surface area contributed by atoms with Crippen LogP contribution in [0.25, 0.3) is 10.2 Å². The van der Waals surface area contributed by atoms with E-state index < -0.39 is 0 Å². The van der Waals surface area contributed by atoms with E-state index in [9.17, 15) is 0 Å². The summed E-state index contributed by atoms with van der Waals surface area (Å²) in [4.78, 5) is 11.4. The van der Waals surface area contributed by atoms with Crippen molar-refractivity contribution in [3.63, 3.8) is 0 Å². The predicted molar refractivity (Wildman–Crippen MR) is 81.3 cm³/mol. The SMILES string of the molecule is CCc1cc2c(NCCCOC)nc(NC)nc2s1. The molecule has 5 nitrogen and oxygen atoms in total. The molecule has 0 aliphatic carbocycles. The first kappa shape index (κ1) is 14.0. The van der Waals surface area contributed by atoms with Crippen molar-refractivity contribution in [2.24, 2.45) is 0 Å². The van der Waals surface area contributed by atoms with Crippen LogP contribution in [-0.2, 0) is 11.2 Å². The van der Waals surface area contributed by atoms with E-state index in [0.717, 1.165) is 42.0 Å². The smallest absolute Gasteiger partial charge is 0.225 e. The number of hydrogen-bond acceptors (Lipinski definition) is 6. The van der Waals surface area contributed by atoms with Gasteiger partial charge in [0.15, 0.2) is 0 Å². The molecule has 0 fully saturated rings. The van der Waals surface area contributed by atoms with E-state index in [1.165, 1.54) is 4.88 Å². The van der Waals surface area contributed by atoms with E-state index in [1.54, 1.807) is 18.4 Å². The molecule has 104 valence electrons. The Labute approximate surface area is 117 Å². The van der Waals surface area contributed by atoms with Crippen LogP contribution in [0.3, 0.4) is 0 Å². The van der Waals surface area contributed by atoms with E-state index >= 15 is 0 Å². The maximum atomic E-state index is 5.05. The number of ether oxygens (including phenoxy) is 1. The Bertz CT molecular complexity index is 541. The van der Waals surface area contributed by atoms with Crippen molar-refractivity contribution in [3.05, 3.63) is 10.9 Å². The largest absolute Gasteiger partial charge is 0.385 e. The number of aryl methyl sites for hydroxylation is 1. The highest BCUT2D eigenvalue weighted by molar-refractivity contribution is 7.18. The molecule has 0 spiro atoms. The lowest BCUT2D eigenvalue weighted by Gasteiger charge is -2.08. The Hall–Kier alpha value is -1.40. The Morgan fingerprint density at radius 2 is 2.21 bits per heavy atom. The van der Waals surface area contributed by atoms with E-state index in [2.05, 4.69) is 33.6 Å². The number of thiophene rings is 1. The average Bonchev–Trinajstić information content (AvgIpc) is 2.86. The fourth-order valence-corrected chi connectivity index (χ4v) is 2.78. The third-order valence-corrected chi connectivity index (χ3v) is 4.01. The van der Waals surface area contributed by atoms with Gasteiger partial charge in [-0.2, -0.15) is 4.98 Å². The van der Waals surface area contributed by atoms with Crippen LogP contribution < -0.4 is 10.6 Å². The second-order valence-electron chi connectivity index (χ2n) is 4.20. The van der Waals surface area contributed by atoms with Gasteiger partial charge in [0.05, 0.1) is 5.39 Å². The Morgan fingerprint density at radius 1 is 1.37 bits per heavy atom. The highest BCUT2D eigenvalue weighted by Gasteiger charge is 2.10. The molecule has 2 aromatic rings. The molecule has 6 heteroatoms. The second-order valence-corrected chi connectivity index (χ2v) is 5.32. The van der Waals surface area contributed by atoms with Crippen LogP contribution in [0.15, 0.2) is 6.07 Å². The van der Waals surface area contributed by atoms with Crippen LogP contribution in [0.2, 0.25) is 0 Å². The molecule has 0 atom stereocenters. The van der Waals surface area contributed by atoms with Crippen molar-refractivity contribution < 1.29 is 4.74 Å². The van der Waals surface area contributed by atoms with Crippen molar-refractivity contribution in [2.75, 3.05) is 37.9 Å². The van der Waals surface area contributed by atoms with Gasteiger partial charge in [-0.25, -0.2) is 4.98 Å². The highest BCUT2D eigenvalue weighted by atomic mass is 32.1. The minimum atomic E-state index is 0.659. The van der Waals surface area contributed by atoms with Gasteiger partial charge in [-0.3, -0.25) is 0 Å². The zero-order valence-corrected chi connectivity index (χ0v) is 12.4. The summed E-state index contributed by atoms with van der Waals surface area (Å²) < 4.78 is 5.05. The molecule has 0 aromatic carbocycles. The molecule has 0 unspecified atom stereocenters. The molecule has 0 radical (unpaired) electrons. The van der Waals surface area contributed by atoms with Gasteiger partial charge in [-0.1, -0.05) is 6.92 Å². The van der Waals surface area contributed by atoms with Crippen molar-refractivity contribution in [3.8, 4) is 0 Å². The first-order valence-electron chi connectivity index (χ1n) is 6.49. The molecule has 2 aromatic heterocycles. The lowest BCUT2D eigenvalue weighted by atomic mass is 10.3. The summed E-state index contributed by atoms with van der Waals surface area (Å²) in [7, 11) is 3.55. The number of hydrogen-bond donors (Lipinski definition) is 2. The highest BCUT2D eigenvalue weighted by Crippen LogP contribution is 2.30. The Balaban J connectivity index is 2.25. The van der Waals surface area contributed by atoms with Crippen LogP contribution in [0.5, 0.6) is 0 Å². The molecule has 19 heavy (non-hydrogen) atoms. The van der Waals surface area contributed by atoms with E-state index in [1.807, 2.05) is 7.05 Å². The quantitative estimate of drug-likeness (QED) is 0.764. The van der Waals surface area contributed by atoms with E-state index in [0.29, 0.717) is 5.95 Å². The molecule has 0 aliphatic heterocycles. The molecule has 2 rings (SSSR count). The van der Waals surface area contributed by atoms with Gasteiger partial charge in [-0.15, -0.1) is 11.3 Å². The molecule has 0 saturated carbocycles. The lowest BCUT2D eigenvalue weighted by Crippen LogP contribution is -2.08. The summed E-state index contributed by atoms with van der Waals surface area (Å²) in [6.07, 6.45) is 1.99. The monoisotopic (exact) mass is 280 g/mol. The molecular weight excluding hydrogens is 260 g/mol. The molecule has 2 heterocycles. The van der Waals surface area contributed by atoms with Crippen LogP contribution in [0.1, 0.15) is 18.2 Å². The minimum absolute atomic E-state index is 0.659. The topological polar surface area (TPSA) is 59.1 Å². The standard InChI is InChI=1S/C13H20N4OS/c1-4-9-8-10-11(15-6-5-7-18-3)16-13(14-2)17-12(10)19-9/h8H,4-7H2,1-3H3,(H2,14,15,16,17). The van der Waals surface area contributed by atoms with Gasteiger partial charge in [0.25, 0.3) is 0 Å². The maximum Gasteiger partial charge on any atom is 0.225 e. The van der Waals surface area contributed by atoms with Gasteiger partial charge < -0.3 is 15.4 Å². The fraction of sp³-hybridized carbons (Fsp3) is 0.538. The number of rotatable bonds is 7. The average molecular weight is 280 g/mol. The second kappa shape index (κ2) is 6.68. The number of nitrogens with one attached hydrogen (secondary N) is 2. The van der Waals surface area contributed by atoms with E-state index in [4.69, 9.17) is 4.74 Å². The van der Waals surface area contributed by atoms with Crippen molar-refractivity contribution >= 4 is 33.3 Å². The minimum Gasteiger partial charge on any atom is -0.385 e. The number of anilines is 2. The van der Waals surface area contributed by atoms with Gasteiger partial charge in [-0.05, 0) is 18.9 Å². The zero-order valence-electron chi connectivity index (χ0n) is 11.6. The van der Waals surface area contributed by atoms with E-state index in [-0.39, 0.29) is 0 Å². The summed E-state index contributed by atoms with van der Waals surface area (Å²) in [6, 6.07) is 2.18. The maximum absolute atomic E-state index is 5.05. The van der Waals surface area contributed by atoms with Crippen LogP contribution >= 0.6 is 11.3 Å². The molecule has 0 amide bonds. The van der Waals surface area contributed by atoms with Crippen molar-refractivity contribution in [1.29, 1.82) is 0 Å². The predicted octanol–water partition coefficient (Wildman–Crippen LogP) is 2.74. The van der Waals surface area contributed by atoms with Crippen molar-refractivity contribution in [1.82, 2.24) is 9.97 Å². The van der Waals surface area contributed by atoms with Gasteiger partial charge in [0.1, 0.15) is 10.6 Å². The molecule has 0 saturated heterocycles. The summed E-state index contributed by atoms with van der Waals surface area (Å²) >= 11 is 1.73. The van der Waals surface area contributed by atoms with Crippen molar-refractivity contribution in [2.45, 2.75) is 19.8 Å². The first-order chi connectivity index (χ1) is 9.28. The molecular formula is C13H20N4OS. The zero-order chi connectivity index (χ0) is 13.7. The normalized spacial score (nSPS) is 10.9. The Kier molecular flexibility index (Phi) is 4.93.